The number of hydrogen-bond donors (Lipinski definition) is 1. The van der Waals surface area contributed by atoms with Crippen LogP contribution in [0.1, 0.15) is 33.3 Å². The van der Waals surface area contributed by atoms with E-state index < -0.39 is 17.7 Å². The molecule has 1 aromatic heterocycles. The van der Waals surface area contributed by atoms with Gasteiger partial charge >= 0.3 is 5.97 Å². The molecule has 138 valence electrons. The van der Waals surface area contributed by atoms with E-state index in [1.54, 1.807) is 56.4 Å². The number of aromatic nitrogens is 2. The van der Waals surface area contributed by atoms with Gasteiger partial charge in [-0.25, -0.2) is 13.9 Å². The topological polar surface area (TPSA) is 73.2 Å². The Bertz CT molecular complexity index is 998. The lowest BCUT2D eigenvalue weighted by Gasteiger charge is -2.11. The van der Waals surface area contributed by atoms with Gasteiger partial charge in [0.25, 0.3) is 5.91 Å². The molecule has 1 heterocycles. The van der Waals surface area contributed by atoms with Gasteiger partial charge in [0.15, 0.2) is 5.69 Å². The van der Waals surface area contributed by atoms with Crippen molar-refractivity contribution in [1.29, 1.82) is 0 Å². The fourth-order valence-corrected chi connectivity index (χ4v) is 2.48. The van der Waals surface area contributed by atoms with Gasteiger partial charge in [0.2, 0.25) is 0 Å². The summed E-state index contributed by atoms with van der Waals surface area (Å²) in [7, 11) is 0. The minimum Gasteiger partial charge on any atom is -0.461 e. The van der Waals surface area contributed by atoms with Crippen LogP contribution >= 0.6 is 0 Å². The number of rotatable bonds is 5. The molecule has 27 heavy (non-hydrogen) atoms. The number of carbonyl (C=O) groups is 2. The minimum atomic E-state index is -0.520. The van der Waals surface area contributed by atoms with Gasteiger partial charge in [0, 0.05) is 11.8 Å². The van der Waals surface area contributed by atoms with Gasteiger partial charge in [0.1, 0.15) is 5.82 Å². The van der Waals surface area contributed by atoms with E-state index in [4.69, 9.17) is 4.74 Å². The third-order valence-electron chi connectivity index (χ3n) is 3.91. The van der Waals surface area contributed by atoms with Crippen LogP contribution < -0.4 is 5.32 Å². The molecule has 0 aliphatic carbocycles. The fraction of sp³-hybridized carbons (Fsp3) is 0.150. The van der Waals surface area contributed by atoms with Crippen LogP contribution in [0, 0.1) is 12.7 Å². The Labute approximate surface area is 155 Å². The van der Waals surface area contributed by atoms with Crippen LogP contribution in [0.15, 0.2) is 54.7 Å². The van der Waals surface area contributed by atoms with Crippen molar-refractivity contribution in [2.75, 3.05) is 11.9 Å². The van der Waals surface area contributed by atoms with E-state index in [-0.39, 0.29) is 17.9 Å². The average Bonchev–Trinajstić information content (AvgIpc) is 3.14. The molecule has 6 nitrogen and oxygen atoms in total. The van der Waals surface area contributed by atoms with Crippen molar-refractivity contribution in [3.8, 4) is 5.69 Å². The standard InChI is InChI=1S/C20H18FN3O3/c1-3-27-20(26)17-10-11-24(23-17)18-7-5-4-6-16(18)22-19(25)14-9-8-13(2)15(21)12-14/h4-12H,3H2,1-2H3,(H,22,25). The van der Waals surface area contributed by atoms with Gasteiger partial charge < -0.3 is 10.1 Å². The highest BCUT2D eigenvalue weighted by Crippen LogP contribution is 2.21. The molecule has 3 rings (SSSR count). The first-order valence-corrected chi connectivity index (χ1v) is 8.39. The predicted molar refractivity (Wildman–Crippen MR) is 98.6 cm³/mol. The number of para-hydroxylation sites is 2. The van der Waals surface area contributed by atoms with E-state index >= 15 is 0 Å². The number of nitrogens with one attached hydrogen (secondary N) is 1. The number of carbonyl (C=O) groups excluding carboxylic acids is 2. The molecular weight excluding hydrogens is 349 g/mol. The van der Waals surface area contributed by atoms with Crippen LogP contribution in [0.3, 0.4) is 0 Å². The number of aryl methyl sites for hydroxylation is 1. The number of amides is 1. The lowest BCUT2D eigenvalue weighted by Crippen LogP contribution is -2.14. The fourth-order valence-electron chi connectivity index (χ4n) is 2.48. The van der Waals surface area contributed by atoms with Gasteiger partial charge in [0.05, 0.1) is 18.0 Å². The molecule has 3 aromatic rings. The third kappa shape index (κ3) is 4.03. The Morgan fingerprint density at radius 2 is 1.96 bits per heavy atom. The molecule has 0 unspecified atom stereocenters. The largest absolute Gasteiger partial charge is 0.461 e. The van der Waals surface area contributed by atoms with E-state index in [2.05, 4.69) is 10.4 Å². The van der Waals surface area contributed by atoms with Crippen molar-refractivity contribution in [3.63, 3.8) is 0 Å². The smallest absolute Gasteiger partial charge is 0.358 e. The molecular formula is C20H18FN3O3. The van der Waals surface area contributed by atoms with E-state index in [0.29, 0.717) is 16.9 Å². The molecule has 0 atom stereocenters. The summed E-state index contributed by atoms with van der Waals surface area (Å²) >= 11 is 0. The summed E-state index contributed by atoms with van der Waals surface area (Å²) < 4.78 is 20.1. The van der Waals surface area contributed by atoms with Gasteiger partial charge in [-0.1, -0.05) is 18.2 Å². The molecule has 1 N–H and O–H groups in total. The van der Waals surface area contributed by atoms with Crippen LogP contribution in [0.4, 0.5) is 10.1 Å². The van der Waals surface area contributed by atoms with Crippen LogP contribution in [-0.4, -0.2) is 28.3 Å². The second kappa shape index (κ2) is 7.82. The molecule has 0 aliphatic heterocycles. The second-order valence-corrected chi connectivity index (χ2v) is 5.80. The van der Waals surface area contributed by atoms with Gasteiger partial charge in [-0.05, 0) is 49.7 Å². The van der Waals surface area contributed by atoms with Crippen LogP contribution in [0.25, 0.3) is 5.69 Å². The van der Waals surface area contributed by atoms with E-state index in [1.165, 1.54) is 16.8 Å². The Morgan fingerprint density at radius 3 is 2.70 bits per heavy atom. The van der Waals surface area contributed by atoms with Crippen molar-refractivity contribution in [2.45, 2.75) is 13.8 Å². The highest BCUT2D eigenvalue weighted by molar-refractivity contribution is 6.05. The van der Waals surface area contributed by atoms with Crippen molar-refractivity contribution in [3.05, 3.63) is 77.4 Å². The monoisotopic (exact) mass is 367 g/mol. The van der Waals surface area contributed by atoms with E-state index in [9.17, 15) is 14.0 Å². The quantitative estimate of drug-likeness (QED) is 0.697. The Hall–Kier alpha value is -3.48. The molecule has 7 heteroatoms. The second-order valence-electron chi connectivity index (χ2n) is 5.80. The minimum absolute atomic E-state index is 0.165. The molecule has 0 spiro atoms. The number of hydrogen-bond acceptors (Lipinski definition) is 4. The van der Waals surface area contributed by atoms with Crippen LogP contribution in [0.2, 0.25) is 0 Å². The predicted octanol–water partition coefficient (Wildman–Crippen LogP) is 3.75. The van der Waals surface area contributed by atoms with Crippen molar-refractivity contribution in [2.24, 2.45) is 0 Å². The van der Waals surface area contributed by atoms with E-state index in [0.717, 1.165) is 0 Å². The molecule has 0 aliphatic rings. The van der Waals surface area contributed by atoms with Gasteiger partial charge in [-0.15, -0.1) is 0 Å². The number of esters is 1. The zero-order valence-corrected chi connectivity index (χ0v) is 14.9. The normalized spacial score (nSPS) is 10.5. The number of ether oxygens (including phenoxy) is 1. The maximum absolute atomic E-state index is 13.7. The first-order chi connectivity index (χ1) is 13.0. The first-order valence-electron chi connectivity index (χ1n) is 8.39. The van der Waals surface area contributed by atoms with Crippen molar-refractivity contribution >= 4 is 17.6 Å². The van der Waals surface area contributed by atoms with Gasteiger partial charge in [-0.2, -0.15) is 5.10 Å². The Morgan fingerprint density at radius 1 is 1.19 bits per heavy atom. The summed E-state index contributed by atoms with van der Waals surface area (Å²) in [5.41, 5.74) is 1.88. The SMILES string of the molecule is CCOC(=O)c1ccn(-c2ccccc2NC(=O)c2ccc(C)c(F)c2)n1. The first kappa shape index (κ1) is 18.3. The lowest BCUT2D eigenvalue weighted by molar-refractivity contribution is 0.0519. The van der Waals surface area contributed by atoms with E-state index in [1.807, 2.05) is 0 Å². The molecule has 2 aromatic carbocycles. The summed E-state index contributed by atoms with van der Waals surface area (Å²) in [6.45, 7) is 3.60. The molecule has 0 bridgehead atoms. The Kier molecular flexibility index (Phi) is 5.30. The average molecular weight is 367 g/mol. The maximum Gasteiger partial charge on any atom is 0.358 e. The summed E-state index contributed by atoms with van der Waals surface area (Å²) in [6, 6.07) is 12.8. The van der Waals surface area contributed by atoms with Crippen LogP contribution in [0.5, 0.6) is 0 Å². The maximum atomic E-state index is 13.7. The third-order valence-corrected chi connectivity index (χ3v) is 3.91. The lowest BCUT2D eigenvalue weighted by atomic mass is 10.1. The molecule has 0 saturated heterocycles. The zero-order valence-electron chi connectivity index (χ0n) is 14.9. The summed E-state index contributed by atoms with van der Waals surface area (Å²) in [5, 5.41) is 6.95. The number of anilines is 1. The molecule has 1 amide bonds. The van der Waals surface area contributed by atoms with Crippen molar-refractivity contribution < 1.29 is 18.7 Å². The van der Waals surface area contributed by atoms with Crippen molar-refractivity contribution in [1.82, 2.24) is 9.78 Å². The summed E-state index contributed by atoms with van der Waals surface area (Å²) in [4.78, 5) is 24.3. The highest BCUT2D eigenvalue weighted by atomic mass is 19.1. The number of halogens is 1. The zero-order chi connectivity index (χ0) is 19.4. The van der Waals surface area contributed by atoms with Gasteiger partial charge in [-0.3, -0.25) is 4.79 Å². The Balaban J connectivity index is 1.87. The number of benzene rings is 2. The molecule has 0 radical (unpaired) electrons. The van der Waals surface area contributed by atoms with Crippen LogP contribution in [-0.2, 0) is 4.74 Å². The highest BCUT2D eigenvalue weighted by Gasteiger charge is 2.15. The summed E-state index contributed by atoms with van der Waals surface area (Å²) in [6.07, 6.45) is 1.60. The number of nitrogens with zero attached hydrogens (tertiary/aromatic N) is 2. The summed E-state index contributed by atoms with van der Waals surface area (Å²) in [5.74, 6) is -1.41. The molecule has 0 saturated carbocycles. The molecule has 0 fully saturated rings.